The Morgan fingerprint density at radius 1 is 1.75 bits per heavy atom. The number of hydrogen-bond donors (Lipinski definition) is 0. The van der Waals surface area contributed by atoms with Crippen molar-refractivity contribution in [1.29, 1.82) is 0 Å². The summed E-state index contributed by atoms with van der Waals surface area (Å²) in [5.74, 6) is 0. The topological polar surface area (TPSA) is 12.4 Å². The molecule has 1 nitrogen and oxygen atoms in total. The van der Waals surface area contributed by atoms with Gasteiger partial charge >= 0.3 is 0 Å². The first kappa shape index (κ1) is 5.29. The van der Waals surface area contributed by atoms with Gasteiger partial charge in [0.15, 0.2) is 0 Å². The smallest absolute Gasteiger partial charge is 0.0266 e. The van der Waals surface area contributed by atoms with Crippen LogP contribution in [-0.4, -0.2) is 6.21 Å². The zero-order valence-corrected chi connectivity index (χ0v) is 4.96. The highest BCUT2D eigenvalue weighted by molar-refractivity contribution is 5.65. The highest BCUT2D eigenvalue weighted by Gasteiger charge is 1.88. The highest BCUT2D eigenvalue weighted by Crippen LogP contribution is 2.04. The minimum Gasteiger partial charge on any atom is -0.269 e. The highest BCUT2D eigenvalue weighted by atomic mass is 14.7. The van der Waals surface area contributed by atoms with Crippen LogP contribution in [0, 0.1) is 0 Å². The van der Waals surface area contributed by atoms with Gasteiger partial charge < -0.3 is 0 Å². The SMILES string of the molecule is C/C=C1/C=CN=CC1. The van der Waals surface area contributed by atoms with E-state index in [9.17, 15) is 0 Å². The molecule has 0 aliphatic carbocycles. The number of aliphatic imine (C=N–C) groups is 1. The van der Waals surface area contributed by atoms with Crippen LogP contribution in [0.3, 0.4) is 0 Å². The van der Waals surface area contributed by atoms with Gasteiger partial charge in [-0.05, 0) is 18.6 Å². The van der Waals surface area contributed by atoms with Crippen LogP contribution < -0.4 is 0 Å². The molecular formula is C7H9N. The summed E-state index contributed by atoms with van der Waals surface area (Å²) in [6.07, 6.45) is 8.85. The number of nitrogens with zero attached hydrogens (tertiary/aromatic N) is 1. The molecule has 0 saturated carbocycles. The van der Waals surface area contributed by atoms with E-state index in [4.69, 9.17) is 0 Å². The number of rotatable bonds is 0. The monoisotopic (exact) mass is 107 g/mol. The fourth-order valence-corrected chi connectivity index (χ4v) is 0.640. The Hall–Kier alpha value is -0.850. The van der Waals surface area contributed by atoms with E-state index in [2.05, 4.69) is 11.1 Å². The lowest BCUT2D eigenvalue weighted by Crippen LogP contribution is -1.83. The van der Waals surface area contributed by atoms with Gasteiger partial charge in [0.1, 0.15) is 0 Å². The van der Waals surface area contributed by atoms with E-state index < -0.39 is 0 Å². The third-order valence-corrected chi connectivity index (χ3v) is 1.18. The Morgan fingerprint density at radius 3 is 3.00 bits per heavy atom. The third kappa shape index (κ3) is 1.06. The van der Waals surface area contributed by atoms with Crippen molar-refractivity contribution in [2.75, 3.05) is 0 Å². The molecular weight excluding hydrogens is 98.1 g/mol. The van der Waals surface area contributed by atoms with Gasteiger partial charge in [-0.15, -0.1) is 0 Å². The zero-order chi connectivity index (χ0) is 5.82. The fourth-order valence-electron chi connectivity index (χ4n) is 0.640. The van der Waals surface area contributed by atoms with Crippen LogP contribution in [0.2, 0.25) is 0 Å². The Kier molecular flexibility index (Phi) is 1.62. The molecule has 42 valence electrons. The van der Waals surface area contributed by atoms with Crippen LogP contribution in [0.4, 0.5) is 0 Å². The predicted octanol–water partition coefficient (Wildman–Crippen LogP) is 1.92. The molecule has 1 heteroatoms. The van der Waals surface area contributed by atoms with Gasteiger partial charge in [0.05, 0.1) is 0 Å². The molecule has 0 aromatic rings. The van der Waals surface area contributed by atoms with Crippen LogP contribution in [0.15, 0.2) is 28.9 Å². The zero-order valence-electron chi connectivity index (χ0n) is 4.96. The summed E-state index contributed by atoms with van der Waals surface area (Å²) in [4.78, 5) is 3.93. The maximum absolute atomic E-state index is 3.93. The molecule has 0 N–H and O–H groups in total. The summed E-state index contributed by atoms with van der Waals surface area (Å²) >= 11 is 0. The molecule has 1 aliphatic rings. The minimum absolute atomic E-state index is 0.993. The van der Waals surface area contributed by atoms with E-state index in [1.54, 1.807) is 0 Å². The second-order valence-electron chi connectivity index (χ2n) is 1.72. The van der Waals surface area contributed by atoms with Crippen molar-refractivity contribution in [2.24, 2.45) is 4.99 Å². The standard InChI is InChI=1S/C7H9N/c1-2-7-3-5-8-6-4-7/h2-3,5-6H,4H2,1H3/b7-2-. The summed E-state index contributed by atoms with van der Waals surface area (Å²) in [6.45, 7) is 2.04. The molecule has 1 rings (SSSR count). The Balaban J connectivity index is 2.66. The molecule has 0 radical (unpaired) electrons. The molecule has 0 atom stereocenters. The van der Waals surface area contributed by atoms with Crippen molar-refractivity contribution in [2.45, 2.75) is 13.3 Å². The molecule has 0 saturated heterocycles. The van der Waals surface area contributed by atoms with Crippen LogP contribution in [0.25, 0.3) is 0 Å². The van der Waals surface area contributed by atoms with Crippen LogP contribution >= 0.6 is 0 Å². The first-order valence-electron chi connectivity index (χ1n) is 2.77. The second-order valence-corrected chi connectivity index (χ2v) is 1.72. The second kappa shape index (κ2) is 2.46. The molecule has 8 heavy (non-hydrogen) atoms. The summed E-state index contributed by atoms with van der Waals surface area (Å²) in [6, 6.07) is 0. The molecule has 0 unspecified atom stereocenters. The minimum atomic E-state index is 0.993. The number of allylic oxidation sites excluding steroid dienone is 3. The normalized spacial score (nSPS) is 22.4. The molecule has 0 aromatic heterocycles. The first-order chi connectivity index (χ1) is 3.93. The average molecular weight is 107 g/mol. The summed E-state index contributed by atoms with van der Waals surface area (Å²) in [5, 5.41) is 0. The van der Waals surface area contributed by atoms with Gasteiger partial charge in [-0.2, -0.15) is 0 Å². The predicted molar refractivity (Wildman–Crippen MR) is 36.0 cm³/mol. The van der Waals surface area contributed by atoms with Crippen molar-refractivity contribution >= 4 is 6.21 Å². The van der Waals surface area contributed by atoms with Crippen LogP contribution in [0.1, 0.15) is 13.3 Å². The molecule has 1 aliphatic heterocycles. The lowest BCUT2D eigenvalue weighted by molar-refractivity contribution is 1.30. The fraction of sp³-hybridized carbons (Fsp3) is 0.286. The van der Waals surface area contributed by atoms with E-state index in [1.807, 2.05) is 25.4 Å². The van der Waals surface area contributed by atoms with Gasteiger partial charge in [0, 0.05) is 18.8 Å². The van der Waals surface area contributed by atoms with Gasteiger partial charge in [-0.3, -0.25) is 4.99 Å². The maximum atomic E-state index is 3.93. The maximum Gasteiger partial charge on any atom is 0.0266 e. The molecule has 0 amide bonds. The first-order valence-corrected chi connectivity index (χ1v) is 2.77. The Labute approximate surface area is 49.4 Å². The van der Waals surface area contributed by atoms with Gasteiger partial charge in [-0.1, -0.05) is 6.08 Å². The molecule has 0 fully saturated rings. The van der Waals surface area contributed by atoms with E-state index in [-0.39, 0.29) is 0 Å². The van der Waals surface area contributed by atoms with Crippen molar-refractivity contribution in [1.82, 2.24) is 0 Å². The van der Waals surface area contributed by atoms with E-state index in [0.717, 1.165) is 6.42 Å². The molecule has 0 bridgehead atoms. The summed E-state index contributed by atoms with van der Waals surface area (Å²) in [5.41, 5.74) is 1.35. The van der Waals surface area contributed by atoms with Crippen molar-refractivity contribution < 1.29 is 0 Å². The van der Waals surface area contributed by atoms with E-state index in [1.165, 1.54) is 5.57 Å². The quantitative estimate of drug-likeness (QED) is 0.448. The average Bonchev–Trinajstić information content (AvgIpc) is 1.90. The van der Waals surface area contributed by atoms with Crippen LogP contribution in [0.5, 0.6) is 0 Å². The van der Waals surface area contributed by atoms with Gasteiger partial charge in [0.2, 0.25) is 0 Å². The number of hydrogen-bond acceptors (Lipinski definition) is 1. The largest absolute Gasteiger partial charge is 0.269 e. The lowest BCUT2D eigenvalue weighted by Gasteiger charge is -1.96. The van der Waals surface area contributed by atoms with Crippen molar-refractivity contribution in [3.8, 4) is 0 Å². The summed E-state index contributed by atoms with van der Waals surface area (Å²) < 4.78 is 0. The van der Waals surface area contributed by atoms with Gasteiger partial charge in [0.25, 0.3) is 0 Å². The molecule has 0 spiro atoms. The third-order valence-electron chi connectivity index (χ3n) is 1.18. The van der Waals surface area contributed by atoms with Crippen molar-refractivity contribution in [3.05, 3.63) is 23.9 Å². The van der Waals surface area contributed by atoms with E-state index >= 15 is 0 Å². The van der Waals surface area contributed by atoms with Gasteiger partial charge in [-0.25, -0.2) is 0 Å². The molecule has 1 heterocycles. The van der Waals surface area contributed by atoms with Crippen LogP contribution in [-0.2, 0) is 0 Å². The molecule has 0 aromatic carbocycles. The Bertz CT molecular complexity index is 152. The van der Waals surface area contributed by atoms with Crippen molar-refractivity contribution in [3.63, 3.8) is 0 Å². The lowest BCUT2D eigenvalue weighted by atomic mass is 10.2. The van der Waals surface area contributed by atoms with E-state index in [0.29, 0.717) is 0 Å². The Morgan fingerprint density at radius 2 is 2.62 bits per heavy atom. The summed E-state index contributed by atoms with van der Waals surface area (Å²) in [7, 11) is 0.